The molecule has 1 aliphatic carbocycles. The molecule has 56 heavy (non-hydrogen) atoms. The molecule has 2 aromatic carbocycles. The molecule has 0 bridgehead atoms. The van der Waals surface area contributed by atoms with Gasteiger partial charge in [0.15, 0.2) is 0 Å². The zero-order chi connectivity index (χ0) is 39.3. The normalized spacial score (nSPS) is 15.4. The third-order valence-electron chi connectivity index (χ3n) is 9.99. The minimum absolute atomic E-state index is 0.0205. The Labute approximate surface area is 331 Å². The number of anilines is 1. The van der Waals surface area contributed by atoms with E-state index in [2.05, 4.69) is 24.1 Å². The Bertz CT molecular complexity index is 1580. The molecular weight excluding hydrogens is 718 g/mol. The summed E-state index contributed by atoms with van der Waals surface area (Å²) in [4.78, 5) is 42.6. The van der Waals surface area contributed by atoms with Crippen molar-refractivity contribution in [2.75, 3.05) is 117 Å². The molecule has 0 aromatic heterocycles. The first kappa shape index (κ1) is 43.3. The van der Waals surface area contributed by atoms with Crippen LogP contribution in [0.15, 0.2) is 48.5 Å². The number of carbonyl (C=O) groups excluding carboxylic acids is 3. The lowest BCUT2D eigenvalue weighted by molar-refractivity contribution is -0.160. The number of likely N-dealkylation sites (tertiary alicyclic amines) is 1. The van der Waals surface area contributed by atoms with Gasteiger partial charge in [-0.05, 0) is 43.0 Å². The Kier molecular flexibility index (Phi) is 18.6. The number of nitrogens with one attached hydrogen (secondary N) is 1. The predicted octanol–water partition coefficient (Wildman–Crippen LogP) is 3.59. The maximum Gasteiger partial charge on any atom is 0.229 e. The summed E-state index contributed by atoms with van der Waals surface area (Å²) >= 11 is 0. The van der Waals surface area contributed by atoms with Crippen molar-refractivity contribution in [3.05, 3.63) is 65.2 Å². The van der Waals surface area contributed by atoms with E-state index in [-0.39, 0.29) is 42.0 Å². The second-order valence-corrected chi connectivity index (χ2v) is 14.3. The van der Waals surface area contributed by atoms with Crippen LogP contribution in [0, 0.1) is 23.2 Å². The lowest BCUT2D eigenvalue weighted by atomic mass is 9.57. The van der Waals surface area contributed by atoms with Crippen LogP contribution in [0.3, 0.4) is 0 Å². The molecule has 0 atom stereocenters. The van der Waals surface area contributed by atoms with Gasteiger partial charge in [-0.25, -0.2) is 0 Å². The van der Waals surface area contributed by atoms with E-state index in [0.29, 0.717) is 112 Å². The van der Waals surface area contributed by atoms with Crippen molar-refractivity contribution in [3.63, 3.8) is 0 Å². The summed E-state index contributed by atoms with van der Waals surface area (Å²) in [5.41, 5.74) is 3.53. The maximum absolute atomic E-state index is 13.4. The van der Waals surface area contributed by atoms with Gasteiger partial charge in [0.1, 0.15) is 0 Å². The minimum atomic E-state index is -0.0865. The second-order valence-electron chi connectivity index (χ2n) is 14.3. The van der Waals surface area contributed by atoms with E-state index in [1.807, 2.05) is 53.4 Å². The van der Waals surface area contributed by atoms with Gasteiger partial charge in [-0.3, -0.25) is 14.4 Å². The molecular formula is C43H59N3O10. The summed E-state index contributed by atoms with van der Waals surface area (Å²) < 4.78 is 38.3. The van der Waals surface area contributed by atoms with E-state index in [9.17, 15) is 14.4 Å². The summed E-state index contributed by atoms with van der Waals surface area (Å²) in [6.07, 6.45) is 3.05. The summed E-state index contributed by atoms with van der Waals surface area (Å²) in [7, 11) is 0. The molecule has 1 saturated heterocycles. The van der Waals surface area contributed by atoms with Gasteiger partial charge in [-0.1, -0.05) is 49.1 Å². The highest BCUT2D eigenvalue weighted by molar-refractivity contribution is 5.95. The van der Waals surface area contributed by atoms with Crippen molar-refractivity contribution in [2.45, 2.75) is 45.6 Å². The van der Waals surface area contributed by atoms with Crippen LogP contribution in [0.25, 0.3) is 0 Å². The largest absolute Gasteiger partial charge is 0.379 e. The number of ether oxygens (including phenoxy) is 7. The van der Waals surface area contributed by atoms with Crippen LogP contribution >= 0.6 is 0 Å². The van der Waals surface area contributed by atoms with E-state index in [0.717, 1.165) is 48.2 Å². The van der Waals surface area contributed by atoms with Crippen molar-refractivity contribution in [1.29, 1.82) is 0 Å². The van der Waals surface area contributed by atoms with Gasteiger partial charge in [0.2, 0.25) is 17.7 Å². The predicted molar refractivity (Wildman–Crippen MR) is 210 cm³/mol. The fourth-order valence-electron chi connectivity index (χ4n) is 7.03. The third kappa shape index (κ3) is 14.0. The SMILES string of the molecule is CCCOCCOCCOCCOCCOCCOCCOCCC(=O)N1CC2(CC(C(=O)NCCC(=O)N3Cc4ccccc4C#Cc4ccccc43)C2)C1. The van der Waals surface area contributed by atoms with Gasteiger partial charge >= 0.3 is 0 Å². The fourth-order valence-corrected chi connectivity index (χ4v) is 7.03. The number of carbonyl (C=O) groups is 3. The average molecular weight is 778 g/mol. The molecule has 3 aliphatic rings. The van der Waals surface area contributed by atoms with Crippen molar-refractivity contribution in [3.8, 4) is 11.8 Å². The quantitative estimate of drug-likeness (QED) is 0.106. The molecule has 0 radical (unpaired) electrons. The number of amides is 3. The highest BCUT2D eigenvalue weighted by Gasteiger charge is 2.55. The van der Waals surface area contributed by atoms with Crippen LogP contribution in [0.2, 0.25) is 0 Å². The molecule has 0 unspecified atom stereocenters. The molecule has 1 saturated carbocycles. The number of rotatable bonds is 27. The van der Waals surface area contributed by atoms with Crippen LogP contribution in [-0.4, -0.2) is 135 Å². The molecule has 13 nitrogen and oxygen atoms in total. The molecule has 306 valence electrons. The Balaban J connectivity index is 0.815. The number of benzene rings is 2. The zero-order valence-corrected chi connectivity index (χ0v) is 32.9. The molecule has 2 aromatic rings. The first-order valence-electron chi connectivity index (χ1n) is 20.1. The Hall–Kier alpha value is -3.87. The Morgan fingerprint density at radius 3 is 1.73 bits per heavy atom. The van der Waals surface area contributed by atoms with Crippen molar-refractivity contribution in [1.82, 2.24) is 10.2 Å². The number of nitrogens with zero attached hydrogens (tertiary/aromatic N) is 2. The molecule has 1 N–H and O–H groups in total. The molecule has 13 heteroatoms. The van der Waals surface area contributed by atoms with Crippen LogP contribution in [0.4, 0.5) is 5.69 Å². The molecule has 5 rings (SSSR count). The maximum atomic E-state index is 13.4. The van der Waals surface area contributed by atoms with Crippen LogP contribution < -0.4 is 10.2 Å². The van der Waals surface area contributed by atoms with Gasteiger partial charge in [0.25, 0.3) is 0 Å². The number of hydrogen-bond acceptors (Lipinski definition) is 10. The van der Waals surface area contributed by atoms with Crippen molar-refractivity contribution in [2.24, 2.45) is 11.3 Å². The monoisotopic (exact) mass is 777 g/mol. The van der Waals surface area contributed by atoms with Crippen molar-refractivity contribution < 1.29 is 47.5 Å². The first-order chi connectivity index (χ1) is 27.5. The molecule has 2 fully saturated rings. The smallest absolute Gasteiger partial charge is 0.229 e. The van der Waals surface area contributed by atoms with E-state index in [1.54, 1.807) is 4.90 Å². The van der Waals surface area contributed by atoms with Crippen LogP contribution in [-0.2, 0) is 54.1 Å². The van der Waals surface area contributed by atoms with Gasteiger partial charge in [0, 0.05) is 55.1 Å². The highest BCUT2D eigenvalue weighted by atomic mass is 16.6. The summed E-state index contributed by atoms with van der Waals surface area (Å²) in [5, 5.41) is 2.98. The van der Waals surface area contributed by atoms with E-state index in [4.69, 9.17) is 33.2 Å². The standard InChI is InChI=1S/C43H59N3O10/c1-2-16-50-18-20-52-22-24-54-26-28-56-29-27-55-25-23-53-21-19-51-17-14-40(47)45-33-43(34-45)30-38(31-43)42(49)44-15-13-41(48)46-32-37-9-4-3-7-35(37)11-12-36-8-5-6-10-39(36)46/h3-10,38H,2,13-34H2,1H3,(H,44,49). The molecule has 2 aliphatic heterocycles. The second kappa shape index (κ2) is 24.0. The average Bonchev–Trinajstić information content (AvgIpc) is 3.16. The molecule has 3 amide bonds. The summed E-state index contributed by atoms with van der Waals surface area (Å²) in [5.74, 6) is 6.35. The number of hydrogen-bond donors (Lipinski definition) is 1. The number of fused-ring (bicyclic) bond motifs is 2. The van der Waals surface area contributed by atoms with Gasteiger partial charge < -0.3 is 48.3 Å². The lowest BCUT2D eigenvalue weighted by Crippen LogP contribution is -2.65. The van der Waals surface area contributed by atoms with Crippen molar-refractivity contribution >= 4 is 23.4 Å². The highest BCUT2D eigenvalue weighted by Crippen LogP contribution is 2.52. The molecule has 1 spiro atoms. The topological polar surface area (TPSA) is 134 Å². The Morgan fingerprint density at radius 2 is 1.14 bits per heavy atom. The van der Waals surface area contributed by atoms with Gasteiger partial charge in [-0.2, -0.15) is 0 Å². The van der Waals surface area contributed by atoms with Crippen LogP contribution in [0.5, 0.6) is 0 Å². The lowest BCUT2D eigenvalue weighted by Gasteiger charge is -2.58. The first-order valence-corrected chi connectivity index (χ1v) is 20.1. The number of para-hydroxylation sites is 1. The minimum Gasteiger partial charge on any atom is -0.379 e. The fraction of sp³-hybridized carbons (Fsp3) is 0.605. The van der Waals surface area contributed by atoms with E-state index < -0.39 is 0 Å². The third-order valence-corrected chi connectivity index (χ3v) is 9.99. The summed E-state index contributed by atoms with van der Waals surface area (Å²) in [6, 6.07) is 15.5. The summed E-state index contributed by atoms with van der Waals surface area (Å²) in [6.45, 7) is 11.3. The van der Waals surface area contributed by atoms with Gasteiger partial charge in [-0.15, -0.1) is 0 Å². The van der Waals surface area contributed by atoms with E-state index in [1.165, 1.54) is 0 Å². The zero-order valence-electron chi connectivity index (χ0n) is 32.9. The van der Waals surface area contributed by atoms with Gasteiger partial charge in [0.05, 0.1) is 105 Å². The Morgan fingerprint density at radius 1 is 0.643 bits per heavy atom. The van der Waals surface area contributed by atoms with E-state index >= 15 is 0 Å². The van der Waals surface area contributed by atoms with Crippen LogP contribution in [0.1, 0.15) is 55.7 Å². The molecule has 2 heterocycles.